The lowest BCUT2D eigenvalue weighted by molar-refractivity contribution is -0.141. The average Bonchev–Trinajstić information content (AvgIpc) is 3.11. The van der Waals surface area contributed by atoms with Gasteiger partial charge in [-0.05, 0) is 50.7 Å². The molecule has 33 heavy (non-hydrogen) atoms. The van der Waals surface area contributed by atoms with Crippen LogP contribution in [0.1, 0.15) is 51.9 Å². The van der Waals surface area contributed by atoms with Crippen molar-refractivity contribution in [2.45, 2.75) is 57.4 Å². The largest absolute Gasteiger partial charge is 0.341 e. The summed E-state index contributed by atoms with van der Waals surface area (Å²) in [6.07, 6.45) is 6.37. The van der Waals surface area contributed by atoms with E-state index in [1.54, 1.807) is 4.90 Å². The molecule has 0 atom stereocenters. The van der Waals surface area contributed by atoms with Crippen LogP contribution in [0.15, 0.2) is 30.3 Å². The molecule has 0 aromatic heterocycles. The number of urea groups is 1. The van der Waals surface area contributed by atoms with Crippen molar-refractivity contribution in [3.05, 3.63) is 30.3 Å². The first-order valence-electron chi connectivity index (χ1n) is 12.5. The standard InChI is InChI=1S/C25H37N5O3/c1-2-3-14-26-24(33)28-17-12-25(13-18-28)23(32)29(19-22(31)27-15-8-5-9-16-27)20-30(25)21-10-6-4-7-11-21/h4,6-7,10-11H,2-3,5,8-9,12-20H2,1H3,(H,26,33). The van der Waals surface area contributed by atoms with E-state index in [1.165, 1.54) is 6.42 Å². The zero-order valence-corrected chi connectivity index (χ0v) is 19.8. The highest BCUT2D eigenvalue weighted by molar-refractivity contribution is 5.96. The fourth-order valence-electron chi connectivity index (χ4n) is 5.29. The molecule has 3 fully saturated rings. The quantitative estimate of drug-likeness (QED) is 0.669. The van der Waals surface area contributed by atoms with Gasteiger partial charge in [0.25, 0.3) is 5.91 Å². The maximum absolute atomic E-state index is 13.8. The van der Waals surface area contributed by atoms with Gasteiger partial charge >= 0.3 is 6.03 Å². The van der Waals surface area contributed by atoms with Crippen LogP contribution in [0.5, 0.6) is 0 Å². The number of carbonyl (C=O) groups excluding carboxylic acids is 3. The number of nitrogens with one attached hydrogen (secondary N) is 1. The summed E-state index contributed by atoms with van der Waals surface area (Å²) in [5, 5.41) is 2.99. The number of likely N-dealkylation sites (tertiary alicyclic amines) is 2. The minimum Gasteiger partial charge on any atom is -0.341 e. The second-order valence-electron chi connectivity index (χ2n) is 9.45. The van der Waals surface area contributed by atoms with E-state index in [4.69, 9.17) is 0 Å². The number of nitrogens with zero attached hydrogens (tertiary/aromatic N) is 4. The van der Waals surface area contributed by atoms with E-state index < -0.39 is 5.54 Å². The van der Waals surface area contributed by atoms with Gasteiger partial charge in [-0.25, -0.2) is 4.79 Å². The third-order valence-electron chi connectivity index (χ3n) is 7.30. The van der Waals surface area contributed by atoms with Crippen molar-refractivity contribution in [3.63, 3.8) is 0 Å². The first kappa shape index (κ1) is 23.4. The third-order valence-corrected chi connectivity index (χ3v) is 7.30. The van der Waals surface area contributed by atoms with Crippen molar-refractivity contribution in [3.8, 4) is 0 Å². The molecule has 4 amide bonds. The Bertz CT molecular complexity index is 832. The van der Waals surface area contributed by atoms with E-state index in [0.717, 1.165) is 44.5 Å². The van der Waals surface area contributed by atoms with Crippen LogP contribution in [0.25, 0.3) is 0 Å². The summed E-state index contributed by atoms with van der Waals surface area (Å²) in [4.78, 5) is 46.8. The summed E-state index contributed by atoms with van der Waals surface area (Å²) in [6.45, 7) is 5.95. The van der Waals surface area contributed by atoms with E-state index in [0.29, 0.717) is 39.1 Å². The molecule has 180 valence electrons. The third kappa shape index (κ3) is 4.94. The molecule has 1 N–H and O–H groups in total. The van der Waals surface area contributed by atoms with Gasteiger partial charge < -0.3 is 24.9 Å². The maximum Gasteiger partial charge on any atom is 0.317 e. The molecule has 1 aromatic rings. The predicted octanol–water partition coefficient (Wildman–Crippen LogP) is 2.65. The van der Waals surface area contributed by atoms with Crippen LogP contribution >= 0.6 is 0 Å². The Hall–Kier alpha value is -2.77. The van der Waals surface area contributed by atoms with Gasteiger partial charge in [0.2, 0.25) is 5.91 Å². The Morgan fingerprint density at radius 2 is 1.67 bits per heavy atom. The van der Waals surface area contributed by atoms with Gasteiger partial charge in [0.1, 0.15) is 12.1 Å². The fraction of sp³-hybridized carbons (Fsp3) is 0.640. The first-order valence-corrected chi connectivity index (χ1v) is 12.5. The summed E-state index contributed by atoms with van der Waals surface area (Å²) < 4.78 is 0. The molecule has 0 unspecified atom stereocenters. The molecular formula is C25H37N5O3. The highest BCUT2D eigenvalue weighted by Gasteiger charge is 2.54. The predicted molar refractivity (Wildman–Crippen MR) is 128 cm³/mol. The number of benzene rings is 1. The average molecular weight is 456 g/mol. The van der Waals surface area contributed by atoms with E-state index in [1.807, 2.05) is 40.1 Å². The van der Waals surface area contributed by atoms with Gasteiger partial charge in [0.15, 0.2) is 0 Å². The number of para-hydroxylation sites is 1. The molecule has 3 saturated heterocycles. The second kappa shape index (κ2) is 10.4. The van der Waals surface area contributed by atoms with Gasteiger partial charge in [-0.2, -0.15) is 0 Å². The van der Waals surface area contributed by atoms with Gasteiger partial charge in [0.05, 0.1) is 6.67 Å². The normalized spacial score (nSPS) is 20.5. The van der Waals surface area contributed by atoms with Crippen LogP contribution < -0.4 is 10.2 Å². The lowest BCUT2D eigenvalue weighted by Crippen LogP contribution is -2.58. The number of unbranched alkanes of at least 4 members (excludes halogenated alkanes) is 1. The summed E-state index contributed by atoms with van der Waals surface area (Å²) in [5.41, 5.74) is 0.281. The van der Waals surface area contributed by atoms with E-state index >= 15 is 0 Å². The van der Waals surface area contributed by atoms with Crippen LogP contribution in [-0.4, -0.2) is 84.0 Å². The minimum atomic E-state index is -0.705. The van der Waals surface area contributed by atoms with Crippen LogP contribution in [0.3, 0.4) is 0 Å². The number of anilines is 1. The molecule has 4 rings (SSSR count). The highest BCUT2D eigenvalue weighted by atomic mass is 16.2. The molecule has 0 bridgehead atoms. The summed E-state index contributed by atoms with van der Waals surface area (Å²) in [6, 6.07) is 9.92. The van der Waals surface area contributed by atoms with Crippen LogP contribution in [0.2, 0.25) is 0 Å². The zero-order valence-electron chi connectivity index (χ0n) is 19.8. The Balaban J connectivity index is 1.48. The summed E-state index contributed by atoms with van der Waals surface area (Å²) in [5.74, 6) is 0.0589. The van der Waals surface area contributed by atoms with Crippen molar-refractivity contribution in [2.75, 3.05) is 50.8 Å². The molecular weight excluding hydrogens is 418 g/mol. The highest BCUT2D eigenvalue weighted by Crippen LogP contribution is 2.39. The van der Waals surface area contributed by atoms with E-state index in [-0.39, 0.29) is 24.4 Å². The number of hydrogen-bond donors (Lipinski definition) is 1. The van der Waals surface area contributed by atoms with Crippen molar-refractivity contribution in [1.82, 2.24) is 20.0 Å². The van der Waals surface area contributed by atoms with Crippen LogP contribution in [0.4, 0.5) is 10.5 Å². The Labute approximate surface area is 196 Å². The van der Waals surface area contributed by atoms with Gasteiger partial charge in [-0.15, -0.1) is 0 Å². The minimum absolute atomic E-state index is 0.0164. The number of rotatable bonds is 6. The topological polar surface area (TPSA) is 76.2 Å². The molecule has 1 aromatic carbocycles. The van der Waals surface area contributed by atoms with Crippen molar-refractivity contribution >= 4 is 23.5 Å². The first-order chi connectivity index (χ1) is 16.0. The molecule has 8 nitrogen and oxygen atoms in total. The summed E-state index contributed by atoms with van der Waals surface area (Å²) in [7, 11) is 0. The van der Waals surface area contributed by atoms with Crippen LogP contribution in [-0.2, 0) is 9.59 Å². The van der Waals surface area contributed by atoms with E-state index in [9.17, 15) is 14.4 Å². The number of amides is 4. The van der Waals surface area contributed by atoms with E-state index in [2.05, 4.69) is 17.1 Å². The summed E-state index contributed by atoms with van der Waals surface area (Å²) >= 11 is 0. The molecule has 3 aliphatic heterocycles. The number of hydrogen-bond acceptors (Lipinski definition) is 4. The fourth-order valence-corrected chi connectivity index (χ4v) is 5.29. The van der Waals surface area contributed by atoms with Gasteiger partial charge in [0, 0.05) is 38.4 Å². The number of carbonyl (C=O) groups is 3. The van der Waals surface area contributed by atoms with Crippen molar-refractivity contribution in [2.24, 2.45) is 0 Å². The number of piperidine rings is 2. The smallest absolute Gasteiger partial charge is 0.317 e. The zero-order chi connectivity index (χ0) is 23.3. The van der Waals surface area contributed by atoms with Gasteiger partial charge in [-0.3, -0.25) is 9.59 Å². The lowest BCUT2D eigenvalue weighted by Gasteiger charge is -2.43. The van der Waals surface area contributed by atoms with Crippen molar-refractivity contribution in [1.29, 1.82) is 0 Å². The lowest BCUT2D eigenvalue weighted by atomic mass is 9.85. The molecule has 3 aliphatic rings. The Kier molecular flexibility index (Phi) is 7.40. The monoisotopic (exact) mass is 455 g/mol. The molecule has 3 heterocycles. The molecule has 0 aliphatic carbocycles. The molecule has 0 radical (unpaired) electrons. The van der Waals surface area contributed by atoms with Crippen LogP contribution in [0, 0.1) is 0 Å². The SMILES string of the molecule is CCCCNC(=O)N1CCC2(CC1)C(=O)N(CC(=O)N1CCCCC1)CN2c1ccccc1. The Morgan fingerprint density at radius 1 is 0.970 bits per heavy atom. The van der Waals surface area contributed by atoms with Crippen molar-refractivity contribution < 1.29 is 14.4 Å². The maximum atomic E-state index is 13.8. The molecule has 1 spiro atoms. The van der Waals surface area contributed by atoms with Gasteiger partial charge in [-0.1, -0.05) is 31.5 Å². The Morgan fingerprint density at radius 3 is 2.33 bits per heavy atom. The molecule has 8 heteroatoms. The molecule has 0 saturated carbocycles. The second-order valence-corrected chi connectivity index (χ2v) is 9.45.